The van der Waals surface area contributed by atoms with Gasteiger partial charge in [0.05, 0.1) is 10.6 Å². The molecule has 0 atom stereocenters. The summed E-state index contributed by atoms with van der Waals surface area (Å²) in [6.07, 6.45) is 0.304. The van der Waals surface area contributed by atoms with Crippen molar-refractivity contribution in [1.29, 1.82) is 5.26 Å². The number of benzene rings is 3. The summed E-state index contributed by atoms with van der Waals surface area (Å²) in [5.41, 5.74) is 3.08. The second-order valence-electron chi connectivity index (χ2n) is 5.93. The summed E-state index contributed by atoms with van der Waals surface area (Å²) >= 11 is 5.94. The highest BCUT2D eigenvalue weighted by molar-refractivity contribution is 6.31. The van der Waals surface area contributed by atoms with Crippen LogP contribution in [0.25, 0.3) is 0 Å². The predicted molar refractivity (Wildman–Crippen MR) is 104 cm³/mol. The average molecular weight is 361 g/mol. The number of nitrogens with zero attached hydrogens (tertiary/aromatic N) is 1. The maximum absolute atomic E-state index is 12.6. The summed E-state index contributed by atoms with van der Waals surface area (Å²) < 4.78 is 0. The van der Waals surface area contributed by atoms with Crippen LogP contribution in [0.3, 0.4) is 0 Å². The van der Waals surface area contributed by atoms with Crippen LogP contribution >= 0.6 is 11.6 Å². The van der Waals surface area contributed by atoms with Crippen molar-refractivity contribution in [3.05, 3.63) is 101 Å². The topological polar surface area (TPSA) is 52.9 Å². The number of hydrogen-bond donors (Lipinski definition) is 1. The van der Waals surface area contributed by atoms with Crippen LogP contribution in [0.1, 0.15) is 29.0 Å². The molecule has 0 bridgehead atoms. The first-order valence-electron chi connectivity index (χ1n) is 8.27. The number of carbonyl (C=O) groups excluding carboxylic acids is 1. The molecule has 4 heteroatoms. The molecule has 0 aromatic heterocycles. The van der Waals surface area contributed by atoms with E-state index in [1.807, 2.05) is 66.7 Å². The summed E-state index contributed by atoms with van der Waals surface area (Å²) in [7, 11) is 0. The maximum atomic E-state index is 12.6. The number of nitrogens with one attached hydrogen (secondary N) is 1. The Morgan fingerprint density at radius 2 is 1.54 bits per heavy atom. The zero-order valence-electron chi connectivity index (χ0n) is 14.0. The van der Waals surface area contributed by atoms with Gasteiger partial charge in [0, 0.05) is 18.0 Å². The van der Waals surface area contributed by atoms with E-state index in [1.54, 1.807) is 18.2 Å². The van der Waals surface area contributed by atoms with E-state index >= 15 is 0 Å². The van der Waals surface area contributed by atoms with Crippen LogP contribution in [0.5, 0.6) is 0 Å². The molecule has 26 heavy (non-hydrogen) atoms. The van der Waals surface area contributed by atoms with Gasteiger partial charge >= 0.3 is 0 Å². The Hall–Kier alpha value is -3.09. The Morgan fingerprint density at radius 3 is 2.08 bits per heavy atom. The third kappa shape index (κ3) is 4.30. The SMILES string of the molecule is N#Cc1cc(NC(=O)CC(c2ccccc2)c2ccccc2)ccc1Cl. The van der Waals surface area contributed by atoms with Crippen molar-refractivity contribution < 1.29 is 4.79 Å². The van der Waals surface area contributed by atoms with Crippen LogP contribution in [0.4, 0.5) is 5.69 Å². The molecule has 1 N–H and O–H groups in total. The van der Waals surface area contributed by atoms with E-state index in [4.69, 9.17) is 16.9 Å². The van der Waals surface area contributed by atoms with Gasteiger partial charge in [0.25, 0.3) is 0 Å². The van der Waals surface area contributed by atoms with Crippen LogP contribution in [-0.4, -0.2) is 5.91 Å². The molecule has 1 amide bonds. The minimum atomic E-state index is -0.117. The summed E-state index contributed by atoms with van der Waals surface area (Å²) in [6, 6.07) is 26.8. The number of carbonyl (C=O) groups is 1. The Morgan fingerprint density at radius 1 is 0.962 bits per heavy atom. The Bertz CT molecular complexity index is 894. The van der Waals surface area contributed by atoms with E-state index in [1.165, 1.54) is 0 Å². The molecular weight excluding hydrogens is 344 g/mol. The molecule has 3 aromatic carbocycles. The zero-order chi connectivity index (χ0) is 18.4. The number of rotatable bonds is 5. The smallest absolute Gasteiger partial charge is 0.225 e. The average Bonchev–Trinajstić information content (AvgIpc) is 2.69. The first kappa shape index (κ1) is 17.7. The molecular formula is C22H17ClN2O. The minimum Gasteiger partial charge on any atom is -0.326 e. The lowest BCUT2D eigenvalue weighted by Crippen LogP contribution is -2.16. The molecule has 0 heterocycles. The Kier molecular flexibility index (Phi) is 5.68. The van der Waals surface area contributed by atoms with Crippen LogP contribution in [-0.2, 0) is 4.79 Å². The monoisotopic (exact) mass is 360 g/mol. The second kappa shape index (κ2) is 8.33. The third-order valence-corrected chi connectivity index (χ3v) is 4.49. The third-order valence-electron chi connectivity index (χ3n) is 4.16. The number of nitriles is 1. The van der Waals surface area contributed by atoms with Crippen molar-refractivity contribution in [2.45, 2.75) is 12.3 Å². The molecule has 3 aromatic rings. The fourth-order valence-electron chi connectivity index (χ4n) is 2.88. The van der Waals surface area contributed by atoms with Crippen molar-refractivity contribution in [1.82, 2.24) is 0 Å². The van der Waals surface area contributed by atoms with E-state index in [0.29, 0.717) is 22.7 Å². The van der Waals surface area contributed by atoms with Crippen LogP contribution in [0.15, 0.2) is 78.9 Å². The van der Waals surface area contributed by atoms with Crippen LogP contribution in [0, 0.1) is 11.3 Å². The van der Waals surface area contributed by atoms with E-state index < -0.39 is 0 Å². The van der Waals surface area contributed by atoms with E-state index in [0.717, 1.165) is 11.1 Å². The lowest BCUT2D eigenvalue weighted by molar-refractivity contribution is -0.116. The second-order valence-corrected chi connectivity index (χ2v) is 6.34. The molecule has 0 saturated carbocycles. The van der Waals surface area contributed by atoms with Crippen molar-refractivity contribution in [2.24, 2.45) is 0 Å². The first-order chi connectivity index (χ1) is 12.7. The molecule has 0 aliphatic rings. The zero-order valence-corrected chi connectivity index (χ0v) is 14.8. The molecule has 0 aliphatic heterocycles. The van der Waals surface area contributed by atoms with Gasteiger partial charge in [-0.05, 0) is 29.3 Å². The highest BCUT2D eigenvalue weighted by atomic mass is 35.5. The number of anilines is 1. The first-order valence-corrected chi connectivity index (χ1v) is 8.64. The lowest BCUT2D eigenvalue weighted by Gasteiger charge is -2.18. The van der Waals surface area contributed by atoms with Gasteiger partial charge in [-0.2, -0.15) is 5.26 Å². The fraction of sp³-hybridized carbons (Fsp3) is 0.0909. The van der Waals surface area contributed by atoms with Gasteiger partial charge in [-0.25, -0.2) is 0 Å². The number of halogens is 1. The molecule has 0 radical (unpaired) electrons. The summed E-state index contributed by atoms with van der Waals surface area (Å²) in [5, 5.41) is 12.3. The maximum Gasteiger partial charge on any atom is 0.225 e. The Balaban J connectivity index is 1.81. The van der Waals surface area contributed by atoms with Gasteiger partial charge in [-0.15, -0.1) is 0 Å². The van der Waals surface area contributed by atoms with Crippen LogP contribution < -0.4 is 5.32 Å². The minimum absolute atomic E-state index is 0.0415. The van der Waals surface area contributed by atoms with Crippen molar-refractivity contribution in [2.75, 3.05) is 5.32 Å². The largest absolute Gasteiger partial charge is 0.326 e. The molecule has 128 valence electrons. The standard InChI is InChI=1S/C22H17ClN2O/c23-21-12-11-19(13-18(21)15-24)25-22(26)14-20(16-7-3-1-4-8-16)17-9-5-2-6-10-17/h1-13,20H,14H2,(H,25,26). The summed E-state index contributed by atoms with van der Waals surface area (Å²) in [5.74, 6) is -0.158. The van der Waals surface area contributed by atoms with Gasteiger partial charge < -0.3 is 5.32 Å². The van der Waals surface area contributed by atoms with E-state index in [-0.39, 0.29) is 11.8 Å². The van der Waals surface area contributed by atoms with Gasteiger partial charge in [0.15, 0.2) is 0 Å². The van der Waals surface area contributed by atoms with E-state index in [9.17, 15) is 4.79 Å². The number of hydrogen-bond acceptors (Lipinski definition) is 2. The lowest BCUT2D eigenvalue weighted by atomic mass is 9.88. The Labute approximate surface area is 157 Å². The van der Waals surface area contributed by atoms with Gasteiger partial charge in [-0.3, -0.25) is 4.79 Å². The number of amides is 1. The van der Waals surface area contributed by atoms with Crippen LogP contribution in [0.2, 0.25) is 5.02 Å². The van der Waals surface area contributed by atoms with Gasteiger partial charge in [0.1, 0.15) is 6.07 Å². The molecule has 0 aliphatic carbocycles. The molecule has 3 rings (SSSR count). The molecule has 0 fully saturated rings. The summed E-state index contributed by atoms with van der Waals surface area (Å²) in [4.78, 5) is 12.6. The summed E-state index contributed by atoms with van der Waals surface area (Å²) in [6.45, 7) is 0. The van der Waals surface area contributed by atoms with E-state index in [2.05, 4.69) is 5.32 Å². The fourth-order valence-corrected chi connectivity index (χ4v) is 3.04. The van der Waals surface area contributed by atoms with Gasteiger partial charge in [-0.1, -0.05) is 72.3 Å². The van der Waals surface area contributed by atoms with Crippen molar-refractivity contribution >= 4 is 23.2 Å². The normalized spacial score (nSPS) is 10.3. The molecule has 3 nitrogen and oxygen atoms in total. The predicted octanol–water partition coefficient (Wildman–Crippen LogP) is 5.37. The highest BCUT2D eigenvalue weighted by Gasteiger charge is 2.18. The van der Waals surface area contributed by atoms with Crippen molar-refractivity contribution in [3.8, 4) is 6.07 Å². The van der Waals surface area contributed by atoms with Crippen molar-refractivity contribution in [3.63, 3.8) is 0 Å². The highest BCUT2D eigenvalue weighted by Crippen LogP contribution is 2.28. The quantitative estimate of drug-likeness (QED) is 0.664. The molecule has 0 saturated heterocycles. The van der Waals surface area contributed by atoms with Gasteiger partial charge in [0.2, 0.25) is 5.91 Å². The molecule has 0 spiro atoms. The molecule has 0 unspecified atom stereocenters.